The topological polar surface area (TPSA) is 22.3 Å². The van der Waals surface area contributed by atoms with Crippen LogP contribution in [-0.2, 0) is 0 Å². The molecular formula is C42H34NO2+. The van der Waals surface area contributed by atoms with Gasteiger partial charge in [0.2, 0.25) is 11.4 Å². The van der Waals surface area contributed by atoms with E-state index in [9.17, 15) is 0 Å². The Hall–Kier alpha value is -5.67. The molecule has 1 unspecified atom stereocenters. The van der Waals surface area contributed by atoms with Crippen molar-refractivity contribution in [1.29, 1.82) is 0 Å². The summed E-state index contributed by atoms with van der Waals surface area (Å²) in [5, 5.41) is 0. The highest BCUT2D eigenvalue weighted by atomic mass is 16.5. The first-order valence-corrected chi connectivity index (χ1v) is 15.1. The largest absolute Gasteiger partial charge is 0.497 e. The van der Waals surface area contributed by atoms with Gasteiger partial charge in [-0.25, -0.2) is 0 Å². The average Bonchev–Trinajstić information content (AvgIpc) is 3.47. The Bertz CT molecular complexity index is 1990. The van der Waals surface area contributed by atoms with E-state index in [0.717, 1.165) is 50.6 Å². The highest BCUT2D eigenvalue weighted by Crippen LogP contribution is 2.49. The zero-order chi connectivity index (χ0) is 30.8. The minimum atomic E-state index is -0.0714. The van der Waals surface area contributed by atoms with E-state index in [1.165, 1.54) is 22.4 Å². The summed E-state index contributed by atoms with van der Waals surface area (Å²) >= 11 is 0. The van der Waals surface area contributed by atoms with Crippen LogP contribution in [0.25, 0.3) is 33.5 Å². The Balaban J connectivity index is 1.58. The lowest BCUT2D eigenvalue weighted by Crippen LogP contribution is -2.35. The van der Waals surface area contributed by atoms with Crippen molar-refractivity contribution in [3.63, 3.8) is 0 Å². The number of benzene rings is 5. The van der Waals surface area contributed by atoms with E-state index in [1.54, 1.807) is 14.2 Å². The van der Waals surface area contributed by atoms with Crippen LogP contribution in [0.2, 0.25) is 0 Å². The second-order valence-corrected chi connectivity index (χ2v) is 11.2. The number of hydrogen-bond donors (Lipinski definition) is 0. The van der Waals surface area contributed by atoms with Crippen LogP contribution in [0.1, 0.15) is 28.3 Å². The molecule has 5 aromatic carbocycles. The smallest absolute Gasteiger partial charge is 0.223 e. The van der Waals surface area contributed by atoms with Gasteiger partial charge in [0.15, 0.2) is 6.20 Å². The van der Waals surface area contributed by atoms with Gasteiger partial charge >= 0.3 is 0 Å². The van der Waals surface area contributed by atoms with Gasteiger partial charge in [0.25, 0.3) is 0 Å². The summed E-state index contributed by atoms with van der Waals surface area (Å²) in [4.78, 5) is 0. The first-order chi connectivity index (χ1) is 22.2. The third-order valence-corrected chi connectivity index (χ3v) is 8.61. The Morgan fingerprint density at radius 1 is 0.578 bits per heavy atom. The summed E-state index contributed by atoms with van der Waals surface area (Å²) in [5.41, 5.74) is 12.5. The van der Waals surface area contributed by atoms with Gasteiger partial charge in [-0.15, -0.1) is 0 Å². The Labute approximate surface area is 265 Å². The molecule has 7 rings (SSSR count). The summed E-state index contributed by atoms with van der Waals surface area (Å²) < 4.78 is 13.4. The molecule has 0 aliphatic carbocycles. The van der Waals surface area contributed by atoms with Crippen LogP contribution >= 0.6 is 0 Å². The maximum atomic E-state index is 5.54. The number of nitrogens with zero attached hydrogens (tertiary/aromatic N) is 1. The lowest BCUT2D eigenvalue weighted by Gasteiger charge is -2.17. The van der Waals surface area contributed by atoms with Crippen molar-refractivity contribution in [2.24, 2.45) is 0 Å². The van der Waals surface area contributed by atoms with Crippen LogP contribution in [0, 0.1) is 0 Å². The zero-order valence-corrected chi connectivity index (χ0v) is 25.5. The zero-order valence-electron chi connectivity index (χ0n) is 25.5. The lowest BCUT2D eigenvalue weighted by molar-refractivity contribution is -0.581. The van der Waals surface area contributed by atoms with Crippen LogP contribution in [0.3, 0.4) is 0 Å². The number of ether oxygens (including phenoxy) is 2. The number of aromatic nitrogens is 1. The summed E-state index contributed by atoms with van der Waals surface area (Å²) in [6, 6.07) is 51.0. The first kappa shape index (κ1) is 28.1. The second kappa shape index (κ2) is 12.1. The fourth-order valence-electron chi connectivity index (χ4n) is 6.40. The van der Waals surface area contributed by atoms with Crippen LogP contribution in [0.4, 0.5) is 0 Å². The van der Waals surface area contributed by atoms with E-state index in [1.807, 2.05) is 24.3 Å². The van der Waals surface area contributed by atoms with E-state index < -0.39 is 0 Å². The Morgan fingerprint density at radius 3 is 1.69 bits per heavy atom. The van der Waals surface area contributed by atoms with Crippen molar-refractivity contribution in [2.75, 3.05) is 14.2 Å². The van der Waals surface area contributed by atoms with Crippen molar-refractivity contribution >= 4 is 11.3 Å². The molecule has 3 heteroatoms. The maximum Gasteiger partial charge on any atom is 0.223 e. The molecule has 2 heterocycles. The number of fused-ring (bicyclic) bond motifs is 1. The molecule has 0 amide bonds. The number of pyridine rings is 1. The summed E-state index contributed by atoms with van der Waals surface area (Å²) in [5.74, 6) is 1.58. The highest BCUT2D eigenvalue weighted by molar-refractivity contribution is 5.91. The number of methoxy groups -OCH3 is 2. The molecule has 6 aromatic rings. The maximum absolute atomic E-state index is 5.54. The minimum Gasteiger partial charge on any atom is -0.497 e. The van der Waals surface area contributed by atoms with Crippen molar-refractivity contribution in [1.82, 2.24) is 0 Å². The second-order valence-electron chi connectivity index (χ2n) is 11.2. The van der Waals surface area contributed by atoms with Crippen molar-refractivity contribution in [2.45, 2.75) is 5.92 Å². The molecule has 0 N–H and O–H groups in total. The average molecular weight is 585 g/mol. The van der Waals surface area contributed by atoms with Gasteiger partial charge in [0.1, 0.15) is 17.4 Å². The van der Waals surface area contributed by atoms with Crippen molar-refractivity contribution < 1.29 is 14.0 Å². The SMILES string of the molecule is C=C(C1=C(c2ccccc2)[n+]2cc(-c3ccccc3)cc(-c3ccc(OC)cc3)c2C1c1ccccc1)c1ccc(OC)cc1. The minimum absolute atomic E-state index is 0.0714. The predicted octanol–water partition coefficient (Wildman–Crippen LogP) is 9.44. The third kappa shape index (κ3) is 5.23. The van der Waals surface area contributed by atoms with E-state index >= 15 is 0 Å². The molecule has 1 aliphatic rings. The molecule has 218 valence electrons. The number of allylic oxidation sites excluding steroid dienone is 2. The van der Waals surface area contributed by atoms with Gasteiger partial charge in [0, 0.05) is 11.1 Å². The van der Waals surface area contributed by atoms with Crippen LogP contribution in [0.15, 0.2) is 164 Å². The molecule has 0 fully saturated rings. The van der Waals surface area contributed by atoms with Gasteiger partial charge in [0.05, 0.1) is 25.4 Å². The van der Waals surface area contributed by atoms with Crippen molar-refractivity contribution in [3.05, 3.63) is 186 Å². The summed E-state index contributed by atoms with van der Waals surface area (Å²) in [6.07, 6.45) is 2.30. The van der Waals surface area contributed by atoms with Crippen LogP contribution < -0.4 is 14.0 Å². The van der Waals surface area contributed by atoms with Crippen LogP contribution in [-0.4, -0.2) is 14.2 Å². The molecular weight excluding hydrogens is 550 g/mol. The van der Waals surface area contributed by atoms with Gasteiger partial charge in [-0.2, -0.15) is 4.57 Å². The molecule has 0 radical (unpaired) electrons. The number of rotatable bonds is 8. The molecule has 45 heavy (non-hydrogen) atoms. The summed E-state index contributed by atoms with van der Waals surface area (Å²) in [7, 11) is 3.40. The normalized spacial score (nSPS) is 13.8. The molecule has 0 saturated heterocycles. The van der Waals surface area contributed by atoms with Gasteiger partial charge in [-0.05, 0) is 70.3 Å². The van der Waals surface area contributed by atoms with E-state index in [0.29, 0.717) is 0 Å². The number of hydrogen-bond acceptors (Lipinski definition) is 2. The first-order valence-electron chi connectivity index (χ1n) is 15.1. The van der Waals surface area contributed by atoms with E-state index in [-0.39, 0.29) is 5.92 Å². The lowest BCUT2D eigenvalue weighted by atomic mass is 9.80. The fraction of sp³-hybridized carbons (Fsp3) is 0.0714. The summed E-state index contributed by atoms with van der Waals surface area (Å²) in [6.45, 7) is 4.77. The molecule has 0 saturated carbocycles. The quantitative estimate of drug-likeness (QED) is 0.166. The van der Waals surface area contributed by atoms with Gasteiger partial charge < -0.3 is 9.47 Å². The Kier molecular flexibility index (Phi) is 7.59. The van der Waals surface area contributed by atoms with E-state index in [4.69, 9.17) is 16.1 Å². The molecule has 1 atom stereocenters. The standard InChI is InChI=1S/C42H34NO2/c1-29(30-19-23-36(44-2)24-20-30)39-40(33-15-9-5-10-16-33)42-38(32-21-25-37(45-3)26-22-32)27-35(31-13-7-4-8-14-31)28-43(42)41(39)34-17-11-6-12-18-34/h4-28,40H,1H2,2-3H3/q+1. The van der Waals surface area contributed by atoms with E-state index in [2.05, 4.69) is 132 Å². The third-order valence-electron chi connectivity index (χ3n) is 8.61. The molecule has 3 nitrogen and oxygen atoms in total. The van der Waals surface area contributed by atoms with Crippen LogP contribution in [0.5, 0.6) is 11.5 Å². The van der Waals surface area contributed by atoms with Gasteiger partial charge in [-0.3, -0.25) is 0 Å². The molecule has 1 aromatic heterocycles. The molecule has 0 spiro atoms. The molecule has 1 aliphatic heterocycles. The monoisotopic (exact) mass is 584 g/mol. The van der Waals surface area contributed by atoms with Gasteiger partial charge in [-0.1, -0.05) is 110 Å². The Morgan fingerprint density at radius 2 is 1.11 bits per heavy atom. The fourth-order valence-corrected chi connectivity index (χ4v) is 6.40. The highest BCUT2D eigenvalue weighted by Gasteiger charge is 2.45. The molecule has 0 bridgehead atoms. The van der Waals surface area contributed by atoms with Crippen molar-refractivity contribution in [3.8, 4) is 33.8 Å². The predicted molar refractivity (Wildman–Crippen MR) is 183 cm³/mol.